The minimum atomic E-state index is -4.33. The molecule has 0 fully saturated rings. The second kappa shape index (κ2) is 5.37. The van der Waals surface area contributed by atoms with E-state index < -0.39 is 11.7 Å². The maximum Gasteiger partial charge on any atom is 0.416 e. The van der Waals surface area contributed by atoms with Crippen LogP contribution < -0.4 is 5.32 Å². The summed E-state index contributed by atoms with van der Waals surface area (Å²) in [6.45, 7) is 0. The fourth-order valence-corrected chi connectivity index (χ4v) is 3.23. The van der Waals surface area contributed by atoms with E-state index in [0.717, 1.165) is 25.0 Å². The number of rotatable bonds is 2. The molecular formula is C16H13BrF3N. The predicted molar refractivity (Wildman–Crippen MR) is 80.4 cm³/mol. The van der Waals surface area contributed by atoms with E-state index in [1.54, 1.807) is 6.07 Å². The quantitative estimate of drug-likeness (QED) is 0.794. The Morgan fingerprint density at radius 1 is 1.00 bits per heavy atom. The van der Waals surface area contributed by atoms with Crippen LogP contribution in [-0.4, -0.2) is 6.04 Å². The molecule has 0 unspecified atom stereocenters. The van der Waals surface area contributed by atoms with Crippen LogP contribution in [0.25, 0.3) is 0 Å². The summed E-state index contributed by atoms with van der Waals surface area (Å²) in [6, 6.07) is 12.2. The molecule has 0 bridgehead atoms. The summed E-state index contributed by atoms with van der Waals surface area (Å²) in [5.74, 6) is 0. The van der Waals surface area contributed by atoms with Gasteiger partial charge in [-0.05, 0) is 42.2 Å². The SMILES string of the molecule is FC(F)(F)c1cc(Br)cc(NC2Cc3ccccc3C2)c1. The average Bonchev–Trinajstić information content (AvgIpc) is 2.79. The summed E-state index contributed by atoms with van der Waals surface area (Å²) in [5.41, 5.74) is 2.38. The number of hydrogen-bond acceptors (Lipinski definition) is 1. The molecule has 0 saturated carbocycles. The molecule has 0 spiro atoms. The van der Waals surface area contributed by atoms with E-state index in [9.17, 15) is 13.2 Å². The fourth-order valence-electron chi connectivity index (χ4n) is 2.73. The van der Waals surface area contributed by atoms with Gasteiger partial charge >= 0.3 is 6.18 Å². The van der Waals surface area contributed by atoms with Crippen molar-refractivity contribution in [1.82, 2.24) is 0 Å². The molecule has 21 heavy (non-hydrogen) atoms. The zero-order chi connectivity index (χ0) is 15.0. The van der Waals surface area contributed by atoms with Gasteiger partial charge in [-0.1, -0.05) is 40.2 Å². The normalized spacial score (nSPS) is 15.0. The van der Waals surface area contributed by atoms with Crippen molar-refractivity contribution in [3.63, 3.8) is 0 Å². The molecule has 1 nitrogen and oxygen atoms in total. The fraction of sp³-hybridized carbons (Fsp3) is 0.250. The summed E-state index contributed by atoms with van der Waals surface area (Å²) in [7, 11) is 0. The molecule has 5 heteroatoms. The molecule has 0 amide bonds. The maximum atomic E-state index is 12.8. The summed E-state index contributed by atoms with van der Waals surface area (Å²) in [5, 5.41) is 3.21. The second-order valence-corrected chi connectivity index (χ2v) is 6.16. The molecular weight excluding hydrogens is 343 g/mol. The van der Waals surface area contributed by atoms with Crippen LogP contribution in [0.3, 0.4) is 0 Å². The van der Waals surface area contributed by atoms with Gasteiger partial charge in [0.25, 0.3) is 0 Å². The Morgan fingerprint density at radius 3 is 2.19 bits per heavy atom. The van der Waals surface area contributed by atoms with Crippen LogP contribution in [0.1, 0.15) is 16.7 Å². The van der Waals surface area contributed by atoms with Crippen LogP contribution in [0, 0.1) is 0 Å². The molecule has 0 aromatic heterocycles. The molecule has 0 heterocycles. The highest BCUT2D eigenvalue weighted by Crippen LogP contribution is 2.34. The number of anilines is 1. The van der Waals surface area contributed by atoms with Crippen molar-refractivity contribution in [2.75, 3.05) is 5.32 Å². The van der Waals surface area contributed by atoms with Crippen LogP contribution >= 0.6 is 15.9 Å². The first-order chi connectivity index (χ1) is 9.91. The van der Waals surface area contributed by atoms with Gasteiger partial charge < -0.3 is 5.32 Å². The predicted octanol–water partition coefficient (Wildman–Crippen LogP) is 5.05. The van der Waals surface area contributed by atoms with Gasteiger partial charge in [0, 0.05) is 16.2 Å². The molecule has 110 valence electrons. The van der Waals surface area contributed by atoms with E-state index in [0.29, 0.717) is 10.2 Å². The Morgan fingerprint density at radius 2 is 1.62 bits per heavy atom. The van der Waals surface area contributed by atoms with Crippen LogP contribution in [0.15, 0.2) is 46.9 Å². The monoisotopic (exact) mass is 355 g/mol. The number of halogens is 4. The van der Waals surface area contributed by atoms with Crippen molar-refractivity contribution in [2.45, 2.75) is 25.1 Å². The lowest BCUT2D eigenvalue weighted by Crippen LogP contribution is -2.20. The van der Waals surface area contributed by atoms with Gasteiger partial charge in [0.2, 0.25) is 0 Å². The molecule has 3 rings (SSSR count). The van der Waals surface area contributed by atoms with Gasteiger partial charge in [0.15, 0.2) is 0 Å². The first-order valence-electron chi connectivity index (χ1n) is 6.63. The largest absolute Gasteiger partial charge is 0.416 e. The van der Waals surface area contributed by atoms with Crippen LogP contribution in [-0.2, 0) is 19.0 Å². The second-order valence-electron chi connectivity index (χ2n) is 5.24. The molecule has 2 aromatic rings. The van der Waals surface area contributed by atoms with Crippen molar-refractivity contribution in [3.05, 3.63) is 63.6 Å². The average molecular weight is 356 g/mol. The highest BCUT2D eigenvalue weighted by Gasteiger charge is 2.31. The molecule has 1 aliphatic carbocycles. The van der Waals surface area contributed by atoms with Gasteiger partial charge in [-0.3, -0.25) is 0 Å². The molecule has 0 atom stereocenters. The van der Waals surface area contributed by atoms with E-state index in [2.05, 4.69) is 33.4 Å². The van der Waals surface area contributed by atoms with Crippen molar-refractivity contribution >= 4 is 21.6 Å². The Hall–Kier alpha value is -1.49. The van der Waals surface area contributed by atoms with Crippen molar-refractivity contribution < 1.29 is 13.2 Å². The Kier molecular flexibility index (Phi) is 3.69. The van der Waals surface area contributed by atoms with Gasteiger partial charge in [0.1, 0.15) is 0 Å². The Bertz CT molecular complexity index is 642. The van der Waals surface area contributed by atoms with Crippen molar-refractivity contribution in [2.24, 2.45) is 0 Å². The first-order valence-corrected chi connectivity index (χ1v) is 7.42. The summed E-state index contributed by atoms with van der Waals surface area (Å²) < 4.78 is 38.9. The van der Waals surface area contributed by atoms with E-state index in [-0.39, 0.29) is 6.04 Å². The molecule has 1 aliphatic rings. The number of nitrogens with one attached hydrogen (secondary N) is 1. The topological polar surface area (TPSA) is 12.0 Å². The van der Waals surface area contributed by atoms with Crippen molar-refractivity contribution in [1.29, 1.82) is 0 Å². The number of alkyl halides is 3. The summed E-state index contributed by atoms with van der Waals surface area (Å²) >= 11 is 3.14. The van der Waals surface area contributed by atoms with E-state index in [1.807, 2.05) is 12.1 Å². The molecule has 0 saturated heterocycles. The highest BCUT2D eigenvalue weighted by atomic mass is 79.9. The zero-order valence-electron chi connectivity index (χ0n) is 11.0. The van der Waals surface area contributed by atoms with Gasteiger partial charge in [0.05, 0.1) is 5.56 Å². The van der Waals surface area contributed by atoms with Gasteiger partial charge in [-0.2, -0.15) is 13.2 Å². The molecule has 1 N–H and O–H groups in total. The Labute approximate surface area is 129 Å². The maximum absolute atomic E-state index is 12.8. The molecule has 0 aliphatic heterocycles. The van der Waals surface area contributed by atoms with E-state index in [1.165, 1.54) is 11.1 Å². The van der Waals surface area contributed by atoms with Crippen LogP contribution in [0.4, 0.5) is 18.9 Å². The third-order valence-corrected chi connectivity index (χ3v) is 4.10. The molecule has 0 radical (unpaired) electrons. The summed E-state index contributed by atoms with van der Waals surface area (Å²) in [6.07, 6.45) is -2.66. The van der Waals surface area contributed by atoms with Crippen molar-refractivity contribution in [3.8, 4) is 0 Å². The number of hydrogen-bond donors (Lipinski definition) is 1. The lowest BCUT2D eigenvalue weighted by Gasteiger charge is -2.16. The van der Waals surface area contributed by atoms with Crippen LogP contribution in [0.2, 0.25) is 0 Å². The van der Waals surface area contributed by atoms with E-state index in [4.69, 9.17) is 0 Å². The lowest BCUT2D eigenvalue weighted by molar-refractivity contribution is -0.137. The van der Waals surface area contributed by atoms with Crippen LogP contribution in [0.5, 0.6) is 0 Å². The molecule has 2 aromatic carbocycles. The smallest absolute Gasteiger partial charge is 0.382 e. The van der Waals surface area contributed by atoms with Gasteiger partial charge in [-0.25, -0.2) is 0 Å². The summed E-state index contributed by atoms with van der Waals surface area (Å²) in [4.78, 5) is 0. The highest BCUT2D eigenvalue weighted by molar-refractivity contribution is 9.10. The van der Waals surface area contributed by atoms with Gasteiger partial charge in [-0.15, -0.1) is 0 Å². The van der Waals surface area contributed by atoms with E-state index >= 15 is 0 Å². The minimum Gasteiger partial charge on any atom is -0.382 e. The third-order valence-electron chi connectivity index (χ3n) is 3.65. The number of benzene rings is 2. The number of fused-ring (bicyclic) bond motifs is 1. The first kappa shape index (κ1) is 14.4. The minimum absolute atomic E-state index is 0.137. The Balaban J connectivity index is 1.79. The third kappa shape index (κ3) is 3.23. The lowest BCUT2D eigenvalue weighted by atomic mass is 10.1. The zero-order valence-corrected chi connectivity index (χ0v) is 12.6. The standard InChI is InChI=1S/C16H13BrF3N/c17-13-7-12(16(18,19)20)8-15(9-13)21-14-5-10-3-1-2-4-11(10)6-14/h1-4,7-9,14,21H,5-6H2.